The number of carbonyl (C=O) groups is 3. The maximum Gasteiger partial charge on any atom is 0.344 e. The second kappa shape index (κ2) is 8.08. The van der Waals surface area contributed by atoms with Gasteiger partial charge in [-0.25, -0.2) is 4.79 Å². The van der Waals surface area contributed by atoms with Gasteiger partial charge in [-0.1, -0.05) is 20.8 Å². The summed E-state index contributed by atoms with van der Waals surface area (Å²) in [6.07, 6.45) is 5.43. The zero-order chi connectivity index (χ0) is 23.2. The minimum Gasteiger partial charge on any atom is -0.459 e. The molecule has 2 atom stereocenters. The SMILES string of the molecule is CCC(C)(C)C(=O)OCC(=O)OC12CC3CC(C1)CC(C(=O)OC(C)(C)C(C)C)(C3)C2. The number of esters is 3. The van der Waals surface area contributed by atoms with Crippen molar-refractivity contribution in [3.63, 3.8) is 0 Å². The molecule has 31 heavy (non-hydrogen) atoms. The van der Waals surface area contributed by atoms with E-state index in [1.165, 1.54) is 0 Å². The number of hydrogen-bond donors (Lipinski definition) is 0. The molecule has 4 aliphatic rings. The Morgan fingerprint density at radius 1 is 1.00 bits per heavy atom. The molecule has 0 aromatic carbocycles. The maximum absolute atomic E-state index is 13.4. The molecule has 6 nitrogen and oxygen atoms in total. The molecule has 0 spiro atoms. The molecule has 0 aliphatic heterocycles. The van der Waals surface area contributed by atoms with Crippen molar-refractivity contribution in [2.75, 3.05) is 6.61 Å². The summed E-state index contributed by atoms with van der Waals surface area (Å²) in [5.41, 5.74) is -2.38. The van der Waals surface area contributed by atoms with Crippen molar-refractivity contribution < 1.29 is 28.6 Å². The van der Waals surface area contributed by atoms with E-state index >= 15 is 0 Å². The maximum atomic E-state index is 13.4. The van der Waals surface area contributed by atoms with Crippen LogP contribution < -0.4 is 0 Å². The van der Waals surface area contributed by atoms with E-state index in [0.29, 0.717) is 24.7 Å². The normalized spacial score (nSPS) is 32.1. The van der Waals surface area contributed by atoms with E-state index in [0.717, 1.165) is 32.1 Å². The van der Waals surface area contributed by atoms with Crippen molar-refractivity contribution in [2.24, 2.45) is 28.6 Å². The van der Waals surface area contributed by atoms with E-state index in [-0.39, 0.29) is 18.5 Å². The van der Waals surface area contributed by atoms with Gasteiger partial charge in [0.2, 0.25) is 0 Å². The molecule has 0 aromatic heterocycles. The van der Waals surface area contributed by atoms with Crippen LogP contribution >= 0.6 is 0 Å². The Labute approximate surface area is 186 Å². The summed E-state index contributed by atoms with van der Waals surface area (Å²) in [6.45, 7) is 13.2. The molecule has 4 bridgehead atoms. The van der Waals surface area contributed by atoms with Gasteiger partial charge >= 0.3 is 17.9 Å². The largest absolute Gasteiger partial charge is 0.459 e. The highest BCUT2D eigenvalue weighted by Crippen LogP contribution is 2.63. The fourth-order valence-corrected chi connectivity index (χ4v) is 5.74. The summed E-state index contributed by atoms with van der Waals surface area (Å²) < 4.78 is 17.2. The van der Waals surface area contributed by atoms with Gasteiger partial charge in [0, 0.05) is 6.42 Å². The van der Waals surface area contributed by atoms with Gasteiger partial charge in [0.05, 0.1) is 10.8 Å². The highest BCUT2D eigenvalue weighted by molar-refractivity contribution is 5.80. The lowest BCUT2D eigenvalue weighted by Crippen LogP contribution is -2.60. The zero-order valence-electron chi connectivity index (χ0n) is 20.3. The third kappa shape index (κ3) is 4.78. The first-order valence-electron chi connectivity index (χ1n) is 11.9. The van der Waals surface area contributed by atoms with E-state index in [2.05, 4.69) is 13.8 Å². The Morgan fingerprint density at radius 3 is 2.10 bits per heavy atom. The molecule has 176 valence electrons. The van der Waals surface area contributed by atoms with Crippen LogP contribution in [0.2, 0.25) is 0 Å². The molecule has 0 heterocycles. The fourth-order valence-electron chi connectivity index (χ4n) is 5.74. The van der Waals surface area contributed by atoms with Gasteiger partial charge in [-0.05, 0) is 84.0 Å². The van der Waals surface area contributed by atoms with Crippen LogP contribution in [0.1, 0.15) is 93.4 Å². The lowest BCUT2D eigenvalue weighted by Gasteiger charge is -2.60. The van der Waals surface area contributed by atoms with Crippen molar-refractivity contribution in [3.05, 3.63) is 0 Å². The van der Waals surface area contributed by atoms with Gasteiger partial charge in [0.25, 0.3) is 0 Å². The fraction of sp³-hybridized carbons (Fsp3) is 0.880. The third-order valence-corrected chi connectivity index (χ3v) is 8.27. The number of rotatable bonds is 8. The number of ether oxygens (including phenoxy) is 3. The van der Waals surface area contributed by atoms with E-state index in [4.69, 9.17) is 14.2 Å². The van der Waals surface area contributed by atoms with Crippen LogP contribution in [0.3, 0.4) is 0 Å². The standard InChI is InChI=1S/C25H40O6/c1-8-22(4,5)20(27)29-14-19(26)30-25-12-17-9-18(13-25)11-24(10-17,15-25)21(28)31-23(6,7)16(2)3/h16-18H,8-15H2,1-7H3. The Morgan fingerprint density at radius 2 is 1.58 bits per heavy atom. The minimum atomic E-state index is -0.644. The zero-order valence-corrected chi connectivity index (χ0v) is 20.3. The average Bonchev–Trinajstić information content (AvgIpc) is 2.64. The monoisotopic (exact) mass is 436 g/mol. The van der Waals surface area contributed by atoms with Crippen LogP contribution in [0.25, 0.3) is 0 Å². The first-order valence-corrected chi connectivity index (χ1v) is 11.9. The highest BCUT2D eigenvalue weighted by Gasteiger charge is 2.63. The smallest absolute Gasteiger partial charge is 0.344 e. The van der Waals surface area contributed by atoms with E-state index < -0.39 is 34.0 Å². The lowest BCUT2D eigenvalue weighted by molar-refractivity contribution is -0.221. The molecular weight excluding hydrogens is 396 g/mol. The molecule has 4 aliphatic carbocycles. The highest BCUT2D eigenvalue weighted by atomic mass is 16.6. The van der Waals surface area contributed by atoms with Crippen LogP contribution in [0, 0.1) is 28.6 Å². The molecule has 2 unspecified atom stereocenters. The van der Waals surface area contributed by atoms with Crippen molar-refractivity contribution in [3.8, 4) is 0 Å². The van der Waals surface area contributed by atoms with E-state index in [1.54, 1.807) is 13.8 Å². The molecule has 4 saturated carbocycles. The summed E-state index contributed by atoms with van der Waals surface area (Å²) in [6, 6.07) is 0. The van der Waals surface area contributed by atoms with Crippen LogP contribution in [-0.4, -0.2) is 35.7 Å². The number of hydrogen-bond acceptors (Lipinski definition) is 6. The van der Waals surface area contributed by atoms with Gasteiger partial charge in [0.15, 0.2) is 6.61 Å². The predicted molar refractivity (Wildman–Crippen MR) is 116 cm³/mol. The Bertz CT molecular complexity index is 720. The molecule has 4 fully saturated rings. The van der Waals surface area contributed by atoms with E-state index in [9.17, 15) is 14.4 Å². The summed E-state index contributed by atoms with van der Waals surface area (Å²) in [5.74, 6) is -0.117. The molecule has 4 rings (SSSR count). The first kappa shape index (κ1) is 24.1. The van der Waals surface area contributed by atoms with Crippen molar-refractivity contribution >= 4 is 17.9 Å². The summed E-state index contributed by atoms with van der Waals surface area (Å²) in [5, 5.41) is 0. The number of carbonyl (C=O) groups excluding carboxylic acids is 3. The Balaban J connectivity index is 1.69. The predicted octanol–water partition coefficient (Wildman–Crippen LogP) is 4.83. The van der Waals surface area contributed by atoms with Crippen molar-refractivity contribution in [1.29, 1.82) is 0 Å². The molecule has 0 N–H and O–H groups in total. The van der Waals surface area contributed by atoms with Crippen molar-refractivity contribution in [1.82, 2.24) is 0 Å². The third-order valence-electron chi connectivity index (χ3n) is 8.27. The molecule has 0 saturated heterocycles. The molecule has 6 heteroatoms. The lowest BCUT2D eigenvalue weighted by atomic mass is 9.48. The van der Waals surface area contributed by atoms with Crippen LogP contribution in [-0.2, 0) is 28.6 Å². The second-order valence-corrected chi connectivity index (χ2v) is 11.9. The molecule has 0 radical (unpaired) electrons. The van der Waals surface area contributed by atoms with Gasteiger partial charge in [0.1, 0.15) is 11.2 Å². The van der Waals surface area contributed by atoms with Crippen LogP contribution in [0.5, 0.6) is 0 Å². The van der Waals surface area contributed by atoms with Gasteiger partial charge in [-0.2, -0.15) is 0 Å². The summed E-state index contributed by atoms with van der Waals surface area (Å²) in [7, 11) is 0. The molecule has 0 amide bonds. The van der Waals surface area contributed by atoms with E-state index in [1.807, 2.05) is 20.8 Å². The van der Waals surface area contributed by atoms with Crippen LogP contribution in [0.4, 0.5) is 0 Å². The minimum absolute atomic E-state index is 0.142. The molecular formula is C25H40O6. The topological polar surface area (TPSA) is 78.9 Å². The van der Waals surface area contributed by atoms with Gasteiger partial charge in [-0.15, -0.1) is 0 Å². The van der Waals surface area contributed by atoms with Gasteiger partial charge < -0.3 is 14.2 Å². The molecule has 0 aromatic rings. The second-order valence-electron chi connectivity index (χ2n) is 11.9. The Kier molecular flexibility index (Phi) is 6.27. The average molecular weight is 437 g/mol. The van der Waals surface area contributed by atoms with Gasteiger partial charge in [-0.3, -0.25) is 9.59 Å². The first-order chi connectivity index (χ1) is 14.2. The summed E-state index contributed by atoms with van der Waals surface area (Å²) >= 11 is 0. The van der Waals surface area contributed by atoms with Crippen LogP contribution in [0.15, 0.2) is 0 Å². The quantitative estimate of drug-likeness (QED) is 0.401. The Hall–Kier alpha value is -1.59. The summed E-state index contributed by atoms with van der Waals surface area (Å²) in [4.78, 5) is 38.2. The van der Waals surface area contributed by atoms with Crippen molar-refractivity contribution in [2.45, 2.75) is 105 Å².